The number of carboxylic acids is 1. The minimum atomic E-state index is -0.976. The minimum absolute atomic E-state index is 0.0972. The van der Waals surface area contributed by atoms with Gasteiger partial charge >= 0.3 is 11.6 Å². The molecule has 0 amide bonds. The van der Waals surface area contributed by atoms with Gasteiger partial charge in [0.25, 0.3) is 0 Å². The number of hydrogen-bond donors (Lipinski definition) is 3. The van der Waals surface area contributed by atoms with Gasteiger partial charge in [-0.15, -0.1) is 0 Å². The number of aliphatic hydroxyl groups is 1. The Labute approximate surface area is 184 Å². The third kappa shape index (κ3) is 7.36. The van der Waals surface area contributed by atoms with Crippen LogP contribution in [0.25, 0.3) is 22.1 Å². The average Bonchev–Trinajstić information content (AvgIpc) is 2.74. The minimum Gasteiger partial charge on any atom is -0.480 e. The number of benzene rings is 2. The largest absolute Gasteiger partial charge is 0.480 e. The number of halogens is 2. The number of aliphatic hydroxyl groups excluding tert-OH is 1. The summed E-state index contributed by atoms with van der Waals surface area (Å²) >= 11 is 6.11. The monoisotopic (exact) mass is 452 g/mol. The fourth-order valence-corrected chi connectivity index (χ4v) is 2.88. The number of hydrogen-bond acceptors (Lipinski definition) is 6. The molecule has 0 bridgehead atoms. The summed E-state index contributed by atoms with van der Waals surface area (Å²) in [4.78, 5) is 24.3. The van der Waals surface area contributed by atoms with E-state index < -0.39 is 17.4 Å². The van der Waals surface area contributed by atoms with Gasteiger partial charge in [-0.3, -0.25) is 4.79 Å². The molecule has 0 aliphatic heterocycles. The topological polar surface area (TPSA) is 117 Å². The molecular formula is C22H26ClFN2O5. The Hall–Kier alpha value is -2.94. The zero-order valence-electron chi connectivity index (χ0n) is 17.6. The molecule has 0 spiro atoms. The van der Waals surface area contributed by atoms with E-state index in [1.54, 1.807) is 25.2 Å². The lowest BCUT2D eigenvalue weighted by atomic mass is 10.0. The maximum Gasteiger partial charge on any atom is 0.336 e. The van der Waals surface area contributed by atoms with Crippen LogP contribution in [0.1, 0.15) is 13.8 Å². The van der Waals surface area contributed by atoms with Crippen molar-refractivity contribution in [2.24, 2.45) is 5.73 Å². The van der Waals surface area contributed by atoms with Gasteiger partial charge in [-0.1, -0.05) is 25.4 Å². The number of nitrogens with zero attached hydrogens (tertiary/aromatic N) is 1. The highest BCUT2D eigenvalue weighted by Gasteiger charge is 2.14. The molecular weight excluding hydrogens is 427 g/mol. The van der Waals surface area contributed by atoms with Gasteiger partial charge < -0.3 is 25.3 Å². The molecule has 1 heterocycles. The summed E-state index contributed by atoms with van der Waals surface area (Å²) in [7, 11) is 1.62. The maximum atomic E-state index is 13.3. The number of anilines is 1. The second kappa shape index (κ2) is 12.7. The van der Waals surface area contributed by atoms with Crippen LogP contribution in [0.4, 0.5) is 10.1 Å². The molecule has 0 unspecified atom stereocenters. The molecule has 0 atom stereocenters. The highest BCUT2D eigenvalue weighted by atomic mass is 35.5. The van der Waals surface area contributed by atoms with E-state index in [0.717, 1.165) is 0 Å². The highest BCUT2D eigenvalue weighted by molar-refractivity contribution is 6.33. The first-order valence-electron chi connectivity index (χ1n) is 9.54. The average molecular weight is 453 g/mol. The standard InChI is InChI=1S/C18H13ClFNO4.C2H7NO.C2H6/c1-21(9-17(22)23)11-3-5-13-14(8-18(24)25-16(13)7-11)12-4-2-10(20)6-15(12)19;3-1-2-4;1-2/h2-8H,9H2,1H3,(H,22,23);4H,1-3H2;1-2H3. The van der Waals surface area contributed by atoms with Crippen LogP contribution >= 0.6 is 11.6 Å². The Morgan fingerprint density at radius 3 is 2.35 bits per heavy atom. The van der Waals surface area contributed by atoms with Crippen molar-refractivity contribution in [3.63, 3.8) is 0 Å². The van der Waals surface area contributed by atoms with E-state index in [9.17, 15) is 14.0 Å². The number of likely N-dealkylation sites (N-methyl/N-ethyl adjacent to an activating group) is 1. The molecule has 31 heavy (non-hydrogen) atoms. The summed E-state index contributed by atoms with van der Waals surface area (Å²) < 4.78 is 18.5. The van der Waals surface area contributed by atoms with Crippen LogP contribution in [-0.4, -0.2) is 42.9 Å². The van der Waals surface area contributed by atoms with Crippen molar-refractivity contribution in [2.75, 3.05) is 31.6 Å². The van der Waals surface area contributed by atoms with Crippen molar-refractivity contribution in [1.82, 2.24) is 0 Å². The number of rotatable bonds is 5. The first-order chi connectivity index (χ1) is 14.8. The molecule has 0 fully saturated rings. The van der Waals surface area contributed by atoms with Crippen LogP contribution in [0.2, 0.25) is 5.02 Å². The summed E-state index contributed by atoms with van der Waals surface area (Å²) in [5.74, 6) is -1.45. The first-order valence-corrected chi connectivity index (χ1v) is 9.91. The maximum absolute atomic E-state index is 13.3. The van der Waals surface area contributed by atoms with E-state index >= 15 is 0 Å². The Morgan fingerprint density at radius 2 is 1.81 bits per heavy atom. The molecule has 2 aromatic carbocycles. The molecule has 1 aromatic heterocycles. The van der Waals surface area contributed by atoms with Crippen molar-refractivity contribution in [1.29, 1.82) is 0 Å². The van der Waals surface area contributed by atoms with Gasteiger partial charge in [-0.25, -0.2) is 9.18 Å². The third-order valence-electron chi connectivity index (χ3n) is 3.89. The van der Waals surface area contributed by atoms with Crippen LogP contribution in [0, 0.1) is 5.82 Å². The zero-order chi connectivity index (χ0) is 23.6. The van der Waals surface area contributed by atoms with E-state index in [4.69, 9.17) is 32.0 Å². The summed E-state index contributed by atoms with van der Waals surface area (Å²) in [5.41, 5.74) is 6.09. The summed E-state index contributed by atoms with van der Waals surface area (Å²) in [5, 5.41) is 17.4. The van der Waals surface area contributed by atoms with E-state index in [1.807, 2.05) is 13.8 Å². The first kappa shape index (κ1) is 26.1. The zero-order valence-corrected chi connectivity index (χ0v) is 18.3. The molecule has 7 nitrogen and oxygen atoms in total. The van der Waals surface area contributed by atoms with Gasteiger partial charge in [0.1, 0.15) is 17.9 Å². The lowest BCUT2D eigenvalue weighted by Gasteiger charge is -2.17. The second-order valence-electron chi connectivity index (χ2n) is 6.05. The fraction of sp³-hybridized carbons (Fsp3) is 0.273. The van der Waals surface area contributed by atoms with E-state index in [0.29, 0.717) is 28.7 Å². The van der Waals surface area contributed by atoms with E-state index in [1.165, 1.54) is 29.2 Å². The Balaban J connectivity index is 0.000000720. The fourth-order valence-electron chi connectivity index (χ4n) is 2.61. The van der Waals surface area contributed by atoms with Gasteiger partial charge in [0.15, 0.2) is 0 Å². The summed E-state index contributed by atoms with van der Waals surface area (Å²) in [6.45, 7) is 4.28. The molecule has 0 saturated heterocycles. The molecule has 9 heteroatoms. The van der Waals surface area contributed by atoms with E-state index in [-0.39, 0.29) is 23.8 Å². The van der Waals surface area contributed by atoms with Crippen molar-refractivity contribution in [2.45, 2.75) is 13.8 Å². The Morgan fingerprint density at radius 1 is 1.16 bits per heavy atom. The number of aliphatic carboxylic acids is 1. The lowest BCUT2D eigenvalue weighted by molar-refractivity contribution is -0.135. The SMILES string of the molecule is CC.CN(CC(=O)O)c1ccc2c(-c3ccc(F)cc3Cl)cc(=O)oc2c1.NCCO. The van der Waals surface area contributed by atoms with Crippen LogP contribution in [0.5, 0.6) is 0 Å². The number of carboxylic acid groups (broad SMARTS) is 1. The second-order valence-corrected chi connectivity index (χ2v) is 6.45. The highest BCUT2D eigenvalue weighted by Crippen LogP contribution is 2.34. The number of carbonyl (C=O) groups is 1. The summed E-state index contributed by atoms with van der Waals surface area (Å²) in [6.07, 6.45) is 0. The van der Waals surface area contributed by atoms with Crippen molar-refractivity contribution in [3.8, 4) is 11.1 Å². The van der Waals surface area contributed by atoms with Crippen molar-refractivity contribution >= 4 is 34.2 Å². The summed E-state index contributed by atoms with van der Waals surface area (Å²) in [6, 6.07) is 10.2. The Bertz CT molecular complexity index is 1070. The predicted molar refractivity (Wildman–Crippen MR) is 121 cm³/mol. The molecule has 0 radical (unpaired) electrons. The van der Waals surface area contributed by atoms with Gasteiger partial charge in [-0.2, -0.15) is 0 Å². The van der Waals surface area contributed by atoms with Gasteiger partial charge in [0, 0.05) is 47.9 Å². The molecule has 0 aliphatic carbocycles. The molecule has 3 rings (SSSR count). The van der Waals surface area contributed by atoms with Crippen LogP contribution < -0.4 is 16.3 Å². The quantitative estimate of drug-likeness (QED) is 0.505. The number of fused-ring (bicyclic) bond motifs is 1. The lowest BCUT2D eigenvalue weighted by Crippen LogP contribution is -2.24. The van der Waals surface area contributed by atoms with Crippen LogP contribution in [-0.2, 0) is 4.79 Å². The molecule has 0 saturated carbocycles. The van der Waals surface area contributed by atoms with E-state index in [2.05, 4.69) is 0 Å². The van der Waals surface area contributed by atoms with Gasteiger partial charge in [-0.05, 0) is 30.3 Å². The molecule has 0 aliphatic rings. The smallest absolute Gasteiger partial charge is 0.336 e. The molecule has 168 valence electrons. The van der Waals surface area contributed by atoms with Gasteiger partial charge in [0.05, 0.1) is 11.6 Å². The van der Waals surface area contributed by atoms with Gasteiger partial charge in [0.2, 0.25) is 0 Å². The Kier molecular flexibility index (Phi) is 10.7. The predicted octanol–water partition coefficient (Wildman–Crippen LogP) is 3.74. The molecule has 3 aromatic rings. The normalized spacial score (nSPS) is 9.90. The number of nitrogens with two attached hydrogens (primary N) is 1. The van der Waals surface area contributed by atoms with Crippen LogP contribution in [0.15, 0.2) is 51.7 Å². The van der Waals surface area contributed by atoms with Crippen LogP contribution in [0.3, 0.4) is 0 Å². The third-order valence-corrected chi connectivity index (χ3v) is 4.20. The molecule has 4 N–H and O–H groups in total. The van der Waals surface area contributed by atoms with Crippen molar-refractivity contribution < 1.29 is 23.8 Å². The van der Waals surface area contributed by atoms with Crippen molar-refractivity contribution in [3.05, 3.63) is 63.7 Å².